The number of amides is 1. The molecule has 1 aromatic carbocycles. The van der Waals surface area contributed by atoms with Crippen LogP contribution in [0.1, 0.15) is 51.5 Å². The molecule has 0 unspecified atom stereocenters. The van der Waals surface area contributed by atoms with Crippen LogP contribution in [0.15, 0.2) is 23.1 Å². The minimum Gasteiger partial charge on any atom is -0.325 e. The molecule has 1 aliphatic carbocycles. The Morgan fingerprint density at radius 2 is 1.85 bits per heavy atom. The van der Waals surface area contributed by atoms with Gasteiger partial charge in [0.1, 0.15) is 0 Å². The van der Waals surface area contributed by atoms with Crippen LogP contribution in [0, 0.1) is 6.92 Å². The van der Waals surface area contributed by atoms with E-state index in [9.17, 15) is 13.2 Å². The first kappa shape index (κ1) is 21.3. The molecule has 1 aliphatic rings. The van der Waals surface area contributed by atoms with Crippen molar-refractivity contribution >= 4 is 33.4 Å². The molecule has 7 heteroatoms. The average molecular weight is 399 g/mol. The van der Waals surface area contributed by atoms with E-state index < -0.39 is 10.0 Å². The van der Waals surface area contributed by atoms with Gasteiger partial charge in [0, 0.05) is 24.0 Å². The van der Waals surface area contributed by atoms with E-state index in [1.807, 2.05) is 13.8 Å². The van der Waals surface area contributed by atoms with Crippen LogP contribution in [-0.4, -0.2) is 42.7 Å². The number of nitrogens with one attached hydrogen (secondary N) is 1. The number of benzene rings is 1. The van der Waals surface area contributed by atoms with Crippen LogP contribution < -0.4 is 5.32 Å². The normalized spacial score (nSPS) is 16.0. The van der Waals surface area contributed by atoms with Crippen molar-refractivity contribution in [2.45, 2.75) is 63.0 Å². The van der Waals surface area contributed by atoms with Crippen LogP contribution in [0.25, 0.3) is 0 Å². The van der Waals surface area contributed by atoms with E-state index in [0.717, 1.165) is 0 Å². The van der Waals surface area contributed by atoms with Crippen LogP contribution >= 0.6 is 11.8 Å². The molecule has 1 fully saturated rings. The third-order valence-electron chi connectivity index (χ3n) is 4.80. The van der Waals surface area contributed by atoms with E-state index >= 15 is 0 Å². The number of aryl methyl sites for hydroxylation is 1. The highest BCUT2D eigenvalue weighted by molar-refractivity contribution is 8.00. The van der Waals surface area contributed by atoms with E-state index in [-0.39, 0.29) is 10.8 Å². The maximum absolute atomic E-state index is 12.8. The summed E-state index contributed by atoms with van der Waals surface area (Å²) >= 11 is 1.71. The molecular weight excluding hydrogens is 368 g/mol. The molecule has 0 saturated heterocycles. The third-order valence-corrected chi connectivity index (χ3v) is 8.36. The van der Waals surface area contributed by atoms with Gasteiger partial charge in [-0.25, -0.2) is 8.42 Å². The number of thioether (sulfide) groups is 1. The van der Waals surface area contributed by atoms with Crippen LogP contribution in [0.5, 0.6) is 0 Å². The number of sulfonamides is 1. The minimum atomic E-state index is -3.54. The summed E-state index contributed by atoms with van der Waals surface area (Å²) in [6.45, 7) is 6.27. The molecular formula is C19H30N2O3S2. The molecule has 1 N–H and O–H groups in total. The molecule has 1 saturated carbocycles. The summed E-state index contributed by atoms with van der Waals surface area (Å²) in [5, 5.41) is 3.43. The molecule has 5 nitrogen and oxygen atoms in total. The maximum Gasteiger partial charge on any atom is 0.243 e. The van der Waals surface area contributed by atoms with Gasteiger partial charge in [-0.05, 0) is 37.5 Å². The lowest BCUT2D eigenvalue weighted by molar-refractivity contribution is -0.113. The SMILES string of the molecule is CCN(CC)S(=O)(=O)c1cc(NC(=O)CSC2CCCCC2)ccc1C. The second kappa shape index (κ2) is 9.76. The number of rotatable bonds is 8. The second-order valence-electron chi connectivity index (χ2n) is 6.69. The molecule has 1 aromatic rings. The van der Waals surface area contributed by atoms with Gasteiger partial charge in [-0.15, -0.1) is 11.8 Å². The first-order valence-corrected chi connectivity index (χ1v) is 11.9. The summed E-state index contributed by atoms with van der Waals surface area (Å²) in [7, 11) is -3.54. The Hall–Kier alpha value is -1.05. The van der Waals surface area contributed by atoms with Crippen LogP contribution in [0.4, 0.5) is 5.69 Å². The van der Waals surface area contributed by atoms with Crippen LogP contribution in [0.3, 0.4) is 0 Å². The van der Waals surface area contributed by atoms with Crippen molar-refractivity contribution in [3.63, 3.8) is 0 Å². The summed E-state index contributed by atoms with van der Waals surface area (Å²) in [4.78, 5) is 12.5. The maximum atomic E-state index is 12.8. The Kier molecular flexibility index (Phi) is 7.98. The van der Waals surface area contributed by atoms with Crippen molar-refractivity contribution in [3.05, 3.63) is 23.8 Å². The molecule has 0 atom stereocenters. The smallest absolute Gasteiger partial charge is 0.243 e. The summed E-state index contributed by atoms with van der Waals surface area (Å²) in [5.74, 6) is 0.340. The zero-order chi connectivity index (χ0) is 19.2. The molecule has 146 valence electrons. The lowest BCUT2D eigenvalue weighted by atomic mass is 10.0. The van der Waals surface area contributed by atoms with E-state index in [4.69, 9.17) is 0 Å². The highest BCUT2D eigenvalue weighted by Gasteiger charge is 2.24. The first-order chi connectivity index (χ1) is 12.4. The summed E-state index contributed by atoms with van der Waals surface area (Å²) in [6, 6.07) is 5.09. The van der Waals surface area contributed by atoms with Crippen LogP contribution in [0.2, 0.25) is 0 Å². The second-order valence-corrected chi connectivity index (χ2v) is 9.88. The van der Waals surface area contributed by atoms with Gasteiger partial charge < -0.3 is 5.32 Å². The van der Waals surface area contributed by atoms with Crippen molar-refractivity contribution in [3.8, 4) is 0 Å². The van der Waals surface area contributed by atoms with Gasteiger partial charge in [0.2, 0.25) is 15.9 Å². The Balaban J connectivity index is 2.05. The van der Waals surface area contributed by atoms with E-state index in [0.29, 0.717) is 35.3 Å². The van der Waals surface area contributed by atoms with Gasteiger partial charge in [0.15, 0.2) is 0 Å². The molecule has 0 aromatic heterocycles. The average Bonchev–Trinajstić information content (AvgIpc) is 2.63. The molecule has 26 heavy (non-hydrogen) atoms. The van der Waals surface area contributed by atoms with Gasteiger partial charge in [0.05, 0.1) is 10.6 Å². The largest absolute Gasteiger partial charge is 0.325 e. The molecule has 2 rings (SSSR count). The van der Waals surface area contributed by atoms with Gasteiger partial charge in [-0.3, -0.25) is 4.79 Å². The van der Waals surface area contributed by atoms with Crippen LogP contribution in [-0.2, 0) is 14.8 Å². The zero-order valence-corrected chi connectivity index (χ0v) is 17.6. The predicted molar refractivity (Wildman–Crippen MR) is 109 cm³/mol. The highest BCUT2D eigenvalue weighted by atomic mass is 32.2. The van der Waals surface area contributed by atoms with Crippen molar-refractivity contribution in [2.75, 3.05) is 24.2 Å². The fourth-order valence-corrected chi connectivity index (χ4v) is 6.12. The fourth-order valence-electron chi connectivity index (χ4n) is 3.28. The molecule has 1 amide bonds. The van der Waals surface area contributed by atoms with E-state index in [1.54, 1.807) is 36.9 Å². The molecule has 0 bridgehead atoms. The van der Waals surface area contributed by atoms with E-state index in [2.05, 4.69) is 5.32 Å². The standard InChI is InChI=1S/C19H30N2O3S2/c1-4-21(5-2)26(23,24)18-13-16(12-11-15(18)3)20-19(22)14-25-17-9-7-6-8-10-17/h11-13,17H,4-10,14H2,1-3H3,(H,20,22). The van der Waals surface area contributed by atoms with Gasteiger partial charge >= 0.3 is 0 Å². The number of nitrogens with zero attached hydrogens (tertiary/aromatic N) is 1. The van der Waals surface area contributed by atoms with Crippen molar-refractivity contribution in [1.82, 2.24) is 4.31 Å². The number of carbonyl (C=O) groups excluding carboxylic acids is 1. The van der Waals surface area contributed by atoms with Gasteiger partial charge in [-0.2, -0.15) is 4.31 Å². The Morgan fingerprint density at radius 1 is 1.19 bits per heavy atom. The number of hydrogen-bond acceptors (Lipinski definition) is 4. The highest BCUT2D eigenvalue weighted by Crippen LogP contribution is 2.28. The lowest BCUT2D eigenvalue weighted by Crippen LogP contribution is -2.31. The molecule has 0 radical (unpaired) electrons. The Bertz CT molecular complexity index is 709. The number of hydrogen-bond donors (Lipinski definition) is 1. The number of carbonyl (C=O) groups is 1. The zero-order valence-electron chi connectivity index (χ0n) is 16.0. The summed E-state index contributed by atoms with van der Waals surface area (Å²) in [5.41, 5.74) is 1.22. The quantitative estimate of drug-likeness (QED) is 0.718. The Labute approximate surface area is 162 Å². The molecule has 0 spiro atoms. The van der Waals surface area contributed by atoms with Gasteiger partial charge in [0.25, 0.3) is 0 Å². The lowest BCUT2D eigenvalue weighted by Gasteiger charge is -2.21. The summed E-state index contributed by atoms with van der Waals surface area (Å²) in [6.07, 6.45) is 6.19. The van der Waals surface area contributed by atoms with Crippen molar-refractivity contribution in [2.24, 2.45) is 0 Å². The van der Waals surface area contributed by atoms with Crippen molar-refractivity contribution < 1.29 is 13.2 Å². The minimum absolute atomic E-state index is 0.0735. The molecule has 0 heterocycles. The topological polar surface area (TPSA) is 66.5 Å². The van der Waals surface area contributed by atoms with Gasteiger partial charge in [-0.1, -0.05) is 39.2 Å². The molecule has 0 aliphatic heterocycles. The fraction of sp³-hybridized carbons (Fsp3) is 0.632. The first-order valence-electron chi connectivity index (χ1n) is 9.40. The van der Waals surface area contributed by atoms with Crippen molar-refractivity contribution in [1.29, 1.82) is 0 Å². The third kappa shape index (κ3) is 5.47. The van der Waals surface area contributed by atoms with E-state index in [1.165, 1.54) is 36.4 Å². The Morgan fingerprint density at radius 3 is 2.46 bits per heavy atom. The monoisotopic (exact) mass is 398 g/mol. The number of anilines is 1. The predicted octanol–water partition coefficient (Wildman–Crippen LogP) is 4.03. The summed E-state index contributed by atoms with van der Waals surface area (Å²) < 4.78 is 27.0.